The van der Waals surface area contributed by atoms with Gasteiger partial charge in [-0.3, -0.25) is 4.68 Å². The molecule has 0 saturated carbocycles. The molecule has 1 aromatic rings. The monoisotopic (exact) mass is 294 g/mol. The van der Waals surface area contributed by atoms with Crippen molar-refractivity contribution in [1.29, 1.82) is 0 Å². The molecule has 0 radical (unpaired) electrons. The summed E-state index contributed by atoms with van der Waals surface area (Å²) in [5.41, 5.74) is 1.76. The standard InChI is InChI=1S/C17H34N4/c1-8-9-17(5,13-18-16(2,3)4)14-20(6)11-15-10-19-21(7)12-15/h10,12,18H,8-9,11,13-14H2,1-7H3. The molecule has 1 heterocycles. The fraction of sp³-hybridized carbons (Fsp3) is 0.824. The first-order valence-corrected chi connectivity index (χ1v) is 8.05. The van der Waals surface area contributed by atoms with Crippen molar-refractivity contribution in [1.82, 2.24) is 20.0 Å². The number of aromatic nitrogens is 2. The highest BCUT2D eigenvalue weighted by molar-refractivity contribution is 5.03. The third-order valence-electron chi connectivity index (χ3n) is 3.76. The minimum absolute atomic E-state index is 0.178. The molecule has 0 amide bonds. The molecule has 1 rings (SSSR count). The second kappa shape index (κ2) is 7.41. The van der Waals surface area contributed by atoms with Crippen LogP contribution in [0.2, 0.25) is 0 Å². The molecule has 0 bridgehead atoms. The molecule has 122 valence electrons. The lowest BCUT2D eigenvalue weighted by Crippen LogP contribution is -2.46. The summed E-state index contributed by atoms with van der Waals surface area (Å²) in [5, 5.41) is 7.93. The van der Waals surface area contributed by atoms with Crippen molar-refractivity contribution in [3.8, 4) is 0 Å². The van der Waals surface area contributed by atoms with Crippen LogP contribution in [-0.4, -0.2) is 40.4 Å². The topological polar surface area (TPSA) is 33.1 Å². The second-order valence-electron chi connectivity index (χ2n) is 7.86. The van der Waals surface area contributed by atoms with E-state index in [4.69, 9.17) is 0 Å². The predicted molar refractivity (Wildman–Crippen MR) is 90.3 cm³/mol. The molecule has 0 aliphatic rings. The molecule has 4 heteroatoms. The molecule has 1 aromatic heterocycles. The number of hydrogen-bond acceptors (Lipinski definition) is 3. The first-order chi connectivity index (χ1) is 9.63. The SMILES string of the molecule is CCCC(C)(CNC(C)(C)C)CN(C)Cc1cnn(C)c1. The molecule has 1 unspecified atom stereocenters. The maximum absolute atomic E-state index is 4.25. The van der Waals surface area contributed by atoms with Gasteiger partial charge in [-0.25, -0.2) is 0 Å². The van der Waals surface area contributed by atoms with Gasteiger partial charge in [0.2, 0.25) is 0 Å². The Balaban J connectivity index is 2.59. The Morgan fingerprint density at radius 2 is 1.95 bits per heavy atom. The van der Waals surface area contributed by atoms with Crippen LogP contribution in [-0.2, 0) is 13.6 Å². The van der Waals surface area contributed by atoms with E-state index in [0.29, 0.717) is 5.41 Å². The number of nitrogens with zero attached hydrogens (tertiary/aromatic N) is 3. The zero-order chi connectivity index (χ0) is 16.1. The maximum Gasteiger partial charge on any atom is 0.0534 e. The Morgan fingerprint density at radius 1 is 1.29 bits per heavy atom. The smallest absolute Gasteiger partial charge is 0.0534 e. The van der Waals surface area contributed by atoms with Crippen molar-refractivity contribution in [2.45, 2.75) is 59.5 Å². The first-order valence-electron chi connectivity index (χ1n) is 8.05. The van der Waals surface area contributed by atoms with Gasteiger partial charge in [-0.2, -0.15) is 5.10 Å². The third kappa shape index (κ3) is 7.09. The van der Waals surface area contributed by atoms with Gasteiger partial charge in [0.25, 0.3) is 0 Å². The lowest BCUT2D eigenvalue weighted by atomic mass is 9.84. The van der Waals surface area contributed by atoms with Crippen LogP contribution < -0.4 is 5.32 Å². The minimum Gasteiger partial charge on any atom is -0.311 e. The Labute approximate surface area is 130 Å². The molecule has 4 nitrogen and oxygen atoms in total. The van der Waals surface area contributed by atoms with Gasteiger partial charge in [-0.15, -0.1) is 0 Å². The zero-order valence-corrected chi connectivity index (χ0v) is 15.0. The van der Waals surface area contributed by atoms with Crippen molar-refractivity contribution in [2.75, 3.05) is 20.1 Å². The molecule has 0 aliphatic carbocycles. The van der Waals surface area contributed by atoms with E-state index in [1.807, 2.05) is 17.9 Å². The summed E-state index contributed by atoms with van der Waals surface area (Å²) in [4.78, 5) is 2.41. The van der Waals surface area contributed by atoms with Crippen LogP contribution in [0.3, 0.4) is 0 Å². The van der Waals surface area contributed by atoms with Gasteiger partial charge in [0.1, 0.15) is 0 Å². The Kier molecular flexibility index (Phi) is 6.41. The van der Waals surface area contributed by atoms with Gasteiger partial charge < -0.3 is 10.2 Å². The third-order valence-corrected chi connectivity index (χ3v) is 3.76. The van der Waals surface area contributed by atoms with E-state index in [9.17, 15) is 0 Å². The van der Waals surface area contributed by atoms with E-state index < -0.39 is 0 Å². The summed E-state index contributed by atoms with van der Waals surface area (Å²) in [6, 6.07) is 0. The van der Waals surface area contributed by atoms with Crippen LogP contribution in [0, 0.1) is 5.41 Å². The molecule has 1 atom stereocenters. The van der Waals surface area contributed by atoms with Crippen LogP contribution in [0.4, 0.5) is 0 Å². The predicted octanol–water partition coefficient (Wildman–Crippen LogP) is 3.05. The summed E-state index contributed by atoms with van der Waals surface area (Å²) < 4.78 is 1.87. The van der Waals surface area contributed by atoms with E-state index >= 15 is 0 Å². The Hall–Kier alpha value is -0.870. The van der Waals surface area contributed by atoms with Crippen molar-refractivity contribution in [3.63, 3.8) is 0 Å². The van der Waals surface area contributed by atoms with E-state index in [-0.39, 0.29) is 5.54 Å². The van der Waals surface area contributed by atoms with E-state index in [1.54, 1.807) is 0 Å². The fourth-order valence-corrected chi connectivity index (χ4v) is 2.88. The van der Waals surface area contributed by atoms with Crippen LogP contribution in [0.5, 0.6) is 0 Å². The van der Waals surface area contributed by atoms with Crippen LogP contribution in [0.1, 0.15) is 53.0 Å². The molecule has 0 fully saturated rings. The van der Waals surface area contributed by atoms with Crippen molar-refractivity contribution < 1.29 is 0 Å². The van der Waals surface area contributed by atoms with Crippen LogP contribution >= 0.6 is 0 Å². The summed E-state index contributed by atoms with van der Waals surface area (Å²) in [7, 11) is 4.18. The summed E-state index contributed by atoms with van der Waals surface area (Å²) in [6.45, 7) is 14.5. The van der Waals surface area contributed by atoms with Gasteiger partial charge in [0, 0.05) is 44.0 Å². The molecule has 0 spiro atoms. The van der Waals surface area contributed by atoms with E-state index in [2.05, 4.69) is 63.2 Å². The van der Waals surface area contributed by atoms with E-state index in [0.717, 1.165) is 19.6 Å². The fourth-order valence-electron chi connectivity index (χ4n) is 2.88. The molecule has 0 aromatic carbocycles. The number of hydrogen-bond donors (Lipinski definition) is 1. The minimum atomic E-state index is 0.178. The quantitative estimate of drug-likeness (QED) is 0.800. The summed E-state index contributed by atoms with van der Waals surface area (Å²) in [5.74, 6) is 0. The highest BCUT2D eigenvalue weighted by atomic mass is 15.2. The van der Waals surface area contributed by atoms with Gasteiger partial charge in [-0.1, -0.05) is 20.3 Å². The molecular formula is C17H34N4. The van der Waals surface area contributed by atoms with Crippen molar-refractivity contribution >= 4 is 0 Å². The van der Waals surface area contributed by atoms with Gasteiger partial charge >= 0.3 is 0 Å². The van der Waals surface area contributed by atoms with Gasteiger partial charge in [0.15, 0.2) is 0 Å². The lowest BCUT2D eigenvalue weighted by Gasteiger charge is -2.36. The summed E-state index contributed by atoms with van der Waals surface area (Å²) in [6.07, 6.45) is 6.53. The first kappa shape index (κ1) is 18.2. The molecule has 0 aliphatic heterocycles. The van der Waals surface area contributed by atoms with Crippen LogP contribution in [0.25, 0.3) is 0 Å². The number of nitrogens with one attached hydrogen (secondary N) is 1. The number of rotatable bonds is 8. The second-order valence-corrected chi connectivity index (χ2v) is 7.86. The Bertz CT molecular complexity index is 419. The van der Waals surface area contributed by atoms with E-state index in [1.165, 1.54) is 18.4 Å². The zero-order valence-electron chi connectivity index (χ0n) is 15.0. The largest absolute Gasteiger partial charge is 0.311 e. The maximum atomic E-state index is 4.25. The molecule has 1 N–H and O–H groups in total. The van der Waals surface area contributed by atoms with Crippen LogP contribution in [0.15, 0.2) is 12.4 Å². The molecule has 0 saturated heterocycles. The highest BCUT2D eigenvalue weighted by Crippen LogP contribution is 2.25. The average Bonchev–Trinajstić information content (AvgIpc) is 2.71. The van der Waals surface area contributed by atoms with Gasteiger partial charge in [0.05, 0.1) is 6.20 Å². The van der Waals surface area contributed by atoms with Crippen molar-refractivity contribution in [2.24, 2.45) is 12.5 Å². The van der Waals surface area contributed by atoms with Crippen molar-refractivity contribution in [3.05, 3.63) is 18.0 Å². The number of aryl methyl sites for hydroxylation is 1. The normalized spacial score (nSPS) is 15.4. The molecular weight excluding hydrogens is 260 g/mol. The molecule has 21 heavy (non-hydrogen) atoms. The Morgan fingerprint density at radius 3 is 2.43 bits per heavy atom. The highest BCUT2D eigenvalue weighted by Gasteiger charge is 2.27. The lowest BCUT2D eigenvalue weighted by molar-refractivity contribution is 0.157. The van der Waals surface area contributed by atoms with Gasteiger partial charge in [-0.05, 0) is 39.7 Å². The summed E-state index contributed by atoms with van der Waals surface area (Å²) >= 11 is 0. The average molecular weight is 294 g/mol.